The second-order valence-corrected chi connectivity index (χ2v) is 5.80. The minimum atomic E-state index is 0.237. The van der Waals surface area contributed by atoms with Crippen LogP contribution in [0.25, 0.3) is 0 Å². The molecule has 0 aromatic carbocycles. The lowest BCUT2D eigenvalue weighted by Gasteiger charge is -2.27. The predicted molar refractivity (Wildman–Crippen MR) is 82.3 cm³/mol. The molecule has 3 heteroatoms. The monoisotopic (exact) mass is 263 g/mol. The van der Waals surface area contributed by atoms with E-state index in [0.717, 1.165) is 44.0 Å². The topological polar surface area (TPSA) is 28.2 Å². The molecule has 0 amide bonds. The Morgan fingerprint density at radius 1 is 1.26 bits per heavy atom. The highest BCUT2D eigenvalue weighted by molar-refractivity contribution is 5.09. The highest BCUT2D eigenvalue weighted by Crippen LogP contribution is 2.07. The Kier molecular flexibility index (Phi) is 6.46. The summed E-state index contributed by atoms with van der Waals surface area (Å²) in [4.78, 5) is 7.00. The van der Waals surface area contributed by atoms with Gasteiger partial charge in [0.25, 0.3) is 0 Å². The van der Waals surface area contributed by atoms with Crippen LogP contribution in [0, 0.1) is 6.92 Å². The van der Waals surface area contributed by atoms with Crippen molar-refractivity contribution in [3.05, 3.63) is 29.6 Å². The summed E-state index contributed by atoms with van der Waals surface area (Å²) in [6.45, 7) is 15.1. The van der Waals surface area contributed by atoms with Crippen molar-refractivity contribution in [2.45, 2.75) is 53.1 Å². The maximum Gasteiger partial charge on any atom is 0.0547 e. The molecule has 1 N–H and O–H groups in total. The molecule has 0 radical (unpaired) electrons. The Bertz CT molecular complexity index is 374. The SMILES string of the molecule is CCN(CCNC(C)(C)CC)Cc1cccc(C)n1. The molecule has 0 saturated heterocycles. The summed E-state index contributed by atoms with van der Waals surface area (Å²) in [6.07, 6.45) is 1.15. The van der Waals surface area contributed by atoms with Gasteiger partial charge in [-0.25, -0.2) is 0 Å². The van der Waals surface area contributed by atoms with E-state index in [0.29, 0.717) is 0 Å². The minimum Gasteiger partial charge on any atom is -0.311 e. The lowest BCUT2D eigenvalue weighted by atomic mass is 10.0. The molecule has 108 valence electrons. The van der Waals surface area contributed by atoms with Gasteiger partial charge in [0.15, 0.2) is 0 Å². The van der Waals surface area contributed by atoms with Crippen LogP contribution < -0.4 is 5.32 Å². The van der Waals surface area contributed by atoms with Gasteiger partial charge in [-0.05, 0) is 45.9 Å². The molecule has 1 rings (SSSR count). The van der Waals surface area contributed by atoms with Gasteiger partial charge >= 0.3 is 0 Å². The zero-order valence-corrected chi connectivity index (χ0v) is 13.2. The van der Waals surface area contributed by atoms with Crippen molar-refractivity contribution in [1.29, 1.82) is 0 Å². The smallest absolute Gasteiger partial charge is 0.0547 e. The van der Waals surface area contributed by atoms with Crippen molar-refractivity contribution in [3.8, 4) is 0 Å². The first-order chi connectivity index (χ1) is 8.96. The first-order valence-electron chi connectivity index (χ1n) is 7.36. The quantitative estimate of drug-likeness (QED) is 0.781. The van der Waals surface area contributed by atoms with Crippen LogP contribution in [0.3, 0.4) is 0 Å². The Hall–Kier alpha value is -0.930. The highest BCUT2D eigenvalue weighted by Gasteiger charge is 2.13. The number of rotatable bonds is 8. The van der Waals surface area contributed by atoms with Gasteiger partial charge in [0.05, 0.1) is 5.69 Å². The third kappa shape index (κ3) is 6.17. The average molecular weight is 263 g/mol. The average Bonchev–Trinajstić information content (AvgIpc) is 2.37. The van der Waals surface area contributed by atoms with Crippen LogP contribution >= 0.6 is 0 Å². The number of nitrogens with zero attached hydrogens (tertiary/aromatic N) is 2. The maximum atomic E-state index is 4.57. The van der Waals surface area contributed by atoms with E-state index in [2.05, 4.69) is 55.0 Å². The predicted octanol–water partition coefficient (Wildman–Crippen LogP) is 2.99. The van der Waals surface area contributed by atoms with Crippen LogP contribution in [0.1, 0.15) is 45.5 Å². The van der Waals surface area contributed by atoms with Crippen molar-refractivity contribution in [1.82, 2.24) is 15.2 Å². The van der Waals surface area contributed by atoms with Gasteiger partial charge in [0.2, 0.25) is 0 Å². The number of likely N-dealkylation sites (N-methyl/N-ethyl adjacent to an activating group) is 1. The Morgan fingerprint density at radius 2 is 2.00 bits per heavy atom. The number of aryl methyl sites for hydroxylation is 1. The standard InChI is InChI=1S/C16H29N3/c1-6-16(4,5)17-11-12-19(7-2)13-15-10-8-9-14(3)18-15/h8-10,17H,6-7,11-13H2,1-5H3. The molecule has 1 aromatic rings. The summed E-state index contributed by atoms with van der Waals surface area (Å²) in [5, 5.41) is 3.61. The lowest BCUT2D eigenvalue weighted by molar-refractivity contribution is 0.257. The molecule has 0 bridgehead atoms. The van der Waals surface area contributed by atoms with Gasteiger partial charge < -0.3 is 5.32 Å². The molecule has 0 spiro atoms. The Balaban J connectivity index is 2.42. The van der Waals surface area contributed by atoms with Gasteiger partial charge in [0.1, 0.15) is 0 Å². The van der Waals surface area contributed by atoms with Gasteiger partial charge in [-0.2, -0.15) is 0 Å². The van der Waals surface area contributed by atoms with Gasteiger partial charge in [-0.1, -0.05) is 19.9 Å². The van der Waals surface area contributed by atoms with E-state index in [-0.39, 0.29) is 5.54 Å². The van der Waals surface area contributed by atoms with Gasteiger partial charge in [0, 0.05) is 30.9 Å². The first-order valence-corrected chi connectivity index (χ1v) is 7.36. The molecule has 0 atom stereocenters. The van der Waals surface area contributed by atoms with E-state index in [4.69, 9.17) is 0 Å². The molecule has 19 heavy (non-hydrogen) atoms. The fourth-order valence-corrected chi connectivity index (χ4v) is 1.94. The van der Waals surface area contributed by atoms with Gasteiger partial charge in [-0.15, -0.1) is 0 Å². The molecule has 0 aliphatic rings. The van der Waals surface area contributed by atoms with Crippen LogP contribution in [0.5, 0.6) is 0 Å². The van der Waals surface area contributed by atoms with Gasteiger partial charge in [-0.3, -0.25) is 9.88 Å². The van der Waals surface area contributed by atoms with Crippen LogP contribution in [0.2, 0.25) is 0 Å². The summed E-state index contributed by atoms with van der Waals surface area (Å²) >= 11 is 0. The molecule has 0 saturated carbocycles. The first kappa shape index (κ1) is 16.1. The van der Waals surface area contributed by atoms with Crippen LogP contribution in [-0.2, 0) is 6.54 Å². The van der Waals surface area contributed by atoms with Crippen molar-refractivity contribution >= 4 is 0 Å². The summed E-state index contributed by atoms with van der Waals surface area (Å²) in [7, 11) is 0. The van der Waals surface area contributed by atoms with E-state index in [9.17, 15) is 0 Å². The van der Waals surface area contributed by atoms with E-state index >= 15 is 0 Å². The number of aromatic nitrogens is 1. The minimum absolute atomic E-state index is 0.237. The Labute approximate surface area is 118 Å². The van der Waals surface area contributed by atoms with Crippen molar-refractivity contribution < 1.29 is 0 Å². The van der Waals surface area contributed by atoms with Crippen molar-refractivity contribution in [2.24, 2.45) is 0 Å². The summed E-state index contributed by atoms with van der Waals surface area (Å²) in [5.74, 6) is 0. The fraction of sp³-hybridized carbons (Fsp3) is 0.688. The van der Waals surface area contributed by atoms with E-state index in [1.54, 1.807) is 0 Å². The van der Waals surface area contributed by atoms with E-state index in [1.807, 2.05) is 13.0 Å². The maximum absolute atomic E-state index is 4.57. The van der Waals surface area contributed by atoms with Crippen LogP contribution in [-0.4, -0.2) is 35.1 Å². The highest BCUT2D eigenvalue weighted by atomic mass is 15.1. The number of hydrogen-bond acceptors (Lipinski definition) is 3. The molecule has 0 aliphatic carbocycles. The molecule has 0 unspecified atom stereocenters. The molecule has 3 nitrogen and oxygen atoms in total. The third-order valence-corrected chi connectivity index (χ3v) is 3.69. The molecule has 0 fully saturated rings. The zero-order chi connectivity index (χ0) is 14.3. The number of hydrogen-bond donors (Lipinski definition) is 1. The molecule has 1 aromatic heterocycles. The Morgan fingerprint density at radius 3 is 2.58 bits per heavy atom. The largest absolute Gasteiger partial charge is 0.311 e. The number of nitrogens with one attached hydrogen (secondary N) is 1. The molecule has 0 aliphatic heterocycles. The van der Waals surface area contributed by atoms with Crippen LogP contribution in [0.4, 0.5) is 0 Å². The van der Waals surface area contributed by atoms with Crippen LogP contribution in [0.15, 0.2) is 18.2 Å². The van der Waals surface area contributed by atoms with E-state index in [1.165, 1.54) is 0 Å². The summed E-state index contributed by atoms with van der Waals surface area (Å²) < 4.78 is 0. The third-order valence-electron chi connectivity index (χ3n) is 3.69. The van der Waals surface area contributed by atoms with Crippen molar-refractivity contribution in [3.63, 3.8) is 0 Å². The van der Waals surface area contributed by atoms with Crippen molar-refractivity contribution in [2.75, 3.05) is 19.6 Å². The van der Waals surface area contributed by atoms with E-state index < -0.39 is 0 Å². The second kappa shape index (κ2) is 7.61. The lowest BCUT2D eigenvalue weighted by Crippen LogP contribution is -2.43. The molecule has 1 heterocycles. The molecular formula is C16H29N3. The zero-order valence-electron chi connectivity index (χ0n) is 13.2. The number of pyridine rings is 1. The molecular weight excluding hydrogens is 234 g/mol. The summed E-state index contributed by atoms with van der Waals surface area (Å²) in [5.41, 5.74) is 2.50. The normalized spacial score (nSPS) is 12.1. The fourth-order valence-electron chi connectivity index (χ4n) is 1.94. The summed E-state index contributed by atoms with van der Waals surface area (Å²) in [6, 6.07) is 6.24. The second-order valence-electron chi connectivity index (χ2n) is 5.80.